The smallest absolute Gasteiger partial charge is 0.335 e. The van der Waals surface area contributed by atoms with Gasteiger partial charge in [-0.25, -0.2) is 9.18 Å². The second-order valence-electron chi connectivity index (χ2n) is 3.84. The lowest BCUT2D eigenvalue weighted by atomic mass is 10.1. The third-order valence-electron chi connectivity index (χ3n) is 2.53. The summed E-state index contributed by atoms with van der Waals surface area (Å²) in [6.07, 6.45) is 0. The van der Waals surface area contributed by atoms with Crippen LogP contribution in [0.4, 0.5) is 4.39 Å². The molecule has 0 aliphatic heterocycles. The highest BCUT2D eigenvalue weighted by molar-refractivity contribution is 6.14. The van der Waals surface area contributed by atoms with Crippen molar-refractivity contribution in [2.75, 3.05) is 0 Å². The van der Waals surface area contributed by atoms with E-state index in [1.54, 1.807) is 36.4 Å². The first-order chi connectivity index (χ1) is 9.08. The molecule has 0 aliphatic rings. The Morgan fingerprint density at radius 3 is 2.32 bits per heavy atom. The zero-order valence-corrected chi connectivity index (χ0v) is 9.97. The van der Waals surface area contributed by atoms with Gasteiger partial charge < -0.3 is 9.84 Å². The summed E-state index contributed by atoms with van der Waals surface area (Å²) in [6, 6.07) is 12.3. The Morgan fingerprint density at radius 2 is 1.74 bits per heavy atom. The Kier molecular flexibility index (Phi) is 3.61. The molecule has 0 bridgehead atoms. The lowest BCUT2D eigenvalue weighted by Gasteiger charge is -2.07. The predicted molar refractivity (Wildman–Crippen MR) is 69.6 cm³/mol. The first-order valence-corrected chi connectivity index (χ1v) is 5.53. The van der Waals surface area contributed by atoms with Gasteiger partial charge in [-0.05, 0) is 29.8 Å². The van der Waals surface area contributed by atoms with E-state index in [-0.39, 0.29) is 11.3 Å². The van der Waals surface area contributed by atoms with Crippen molar-refractivity contribution in [2.45, 2.75) is 0 Å². The Morgan fingerprint density at radius 1 is 1.11 bits per heavy atom. The minimum atomic E-state index is -1.08. The second-order valence-corrected chi connectivity index (χ2v) is 3.84. The highest BCUT2D eigenvalue weighted by atomic mass is 19.1. The first-order valence-electron chi connectivity index (χ1n) is 5.53. The van der Waals surface area contributed by atoms with Crippen molar-refractivity contribution >= 4 is 11.5 Å². The molecule has 0 spiro atoms. The monoisotopic (exact) mass is 258 g/mol. The van der Waals surface area contributed by atoms with Crippen LogP contribution < -0.4 is 4.74 Å². The average Bonchev–Trinajstić information content (AvgIpc) is 2.41. The van der Waals surface area contributed by atoms with Crippen molar-refractivity contribution in [3.63, 3.8) is 0 Å². The molecular formula is C15H11FO3. The van der Waals surface area contributed by atoms with E-state index in [4.69, 9.17) is 9.84 Å². The molecule has 0 saturated heterocycles. The molecule has 0 heterocycles. The molecule has 19 heavy (non-hydrogen) atoms. The summed E-state index contributed by atoms with van der Waals surface area (Å²) in [5.74, 6) is -0.997. The van der Waals surface area contributed by atoms with Gasteiger partial charge in [-0.2, -0.15) is 0 Å². The Bertz CT molecular complexity index is 618. The van der Waals surface area contributed by atoms with Gasteiger partial charge in [0.25, 0.3) is 0 Å². The summed E-state index contributed by atoms with van der Waals surface area (Å²) in [7, 11) is 0. The van der Waals surface area contributed by atoms with Crippen molar-refractivity contribution in [2.24, 2.45) is 0 Å². The number of benzene rings is 2. The summed E-state index contributed by atoms with van der Waals surface area (Å²) < 4.78 is 18.7. The van der Waals surface area contributed by atoms with Crippen LogP contribution >= 0.6 is 0 Å². The summed E-state index contributed by atoms with van der Waals surface area (Å²) >= 11 is 0. The molecule has 0 aliphatic carbocycles. The highest BCUT2D eigenvalue weighted by Gasteiger charge is 2.08. The Hall–Kier alpha value is -2.62. The van der Waals surface area contributed by atoms with E-state index in [9.17, 15) is 9.18 Å². The molecule has 2 aromatic carbocycles. The third-order valence-corrected chi connectivity index (χ3v) is 2.53. The van der Waals surface area contributed by atoms with E-state index >= 15 is 0 Å². The number of carboxylic acid groups (broad SMARTS) is 1. The molecule has 0 unspecified atom stereocenters. The van der Waals surface area contributed by atoms with Crippen LogP contribution in [0, 0.1) is 5.82 Å². The molecule has 0 saturated carbocycles. The zero-order chi connectivity index (χ0) is 13.8. The third kappa shape index (κ3) is 2.98. The van der Waals surface area contributed by atoms with Crippen LogP contribution in [0.5, 0.6) is 11.5 Å². The van der Waals surface area contributed by atoms with Gasteiger partial charge in [0, 0.05) is 0 Å². The normalized spacial score (nSPS) is 9.95. The Balaban J connectivity index is 2.18. The van der Waals surface area contributed by atoms with Gasteiger partial charge in [0.15, 0.2) is 11.6 Å². The van der Waals surface area contributed by atoms with Crippen molar-refractivity contribution in [3.8, 4) is 11.5 Å². The number of rotatable bonds is 4. The van der Waals surface area contributed by atoms with Crippen LogP contribution in [-0.2, 0) is 4.79 Å². The highest BCUT2D eigenvalue weighted by Crippen LogP contribution is 2.25. The minimum absolute atomic E-state index is 0.00237. The number of ether oxygens (including phenoxy) is 1. The molecule has 0 amide bonds. The molecule has 0 radical (unpaired) electrons. The summed E-state index contributed by atoms with van der Waals surface area (Å²) in [5, 5.41) is 8.80. The molecule has 3 nitrogen and oxygen atoms in total. The van der Waals surface area contributed by atoms with Gasteiger partial charge in [-0.15, -0.1) is 0 Å². The lowest BCUT2D eigenvalue weighted by Crippen LogP contribution is -1.97. The van der Waals surface area contributed by atoms with Crippen LogP contribution in [0.3, 0.4) is 0 Å². The lowest BCUT2D eigenvalue weighted by molar-refractivity contribution is -0.130. The molecule has 96 valence electrons. The molecule has 0 atom stereocenters. The van der Waals surface area contributed by atoms with Crippen LogP contribution in [0.15, 0.2) is 55.1 Å². The maximum absolute atomic E-state index is 13.4. The number of halogens is 1. The second kappa shape index (κ2) is 5.35. The van der Waals surface area contributed by atoms with Crippen LogP contribution in [0.25, 0.3) is 5.57 Å². The quantitative estimate of drug-likeness (QED) is 0.850. The van der Waals surface area contributed by atoms with Crippen molar-refractivity contribution < 1.29 is 19.0 Å². The van der Waals surface area contributed by atoms with Crippen LogP contribution in [0.1, 0.15) is 5.56 Å². The van der Waals surface area contributed by atoms with E-state index in [1.165, 1.54) is 12.1 Å². The molecule has 0 aromatic heterocycles. The fourth-order valence-electron chi connectivity index (χ4n) is 1.50. The van der Waals surface area contributed by atoms with Crippen molar-refractivity contribution in [1.29, 1.82) is 0 Å². The maximum atomic E-state index is 13.4. The fourth-order valence-corrected chi connectivity index (χ4v) is 1.50. The topological polar surface area (TPSA) is 46.5 Å². The summed E-state index contributed by atoms with van der Waals surface area (Å²) in [4.78, 5) is 10.7. The number of hydrogen-bond acceptors (Lipinski definition) is 2. The maximum Gasteiger partial charge on any atom is 0.335 e. The largest absolute Gasteiger partial charge is 0.478 e. The molecule has 4 heteroatoms. The standard InChI is InChI=1S/C15H11FO3/c1-10(15(17)18)11-6-8-12(9-7-11)19-14-5-3-2-4-13(14)16/h2-9H,1H2,(H,17,18). The SMILES string of the molecule is C=C(C(=O)O)c1ccc(Oc2ccccc2F)cc1. The number of carbonyl (C=O) groups is 1. The van der Waals surface area contributed by atoms with E-state index < -0.39 is 11.8 Å². The minimum Gasteiger partial charge on any atom is -0.478 e. The van der Waals surface area contributed by atoms with E-state index in [1.807, 2.05) is 0 Å². The van der Waals surface area contributed by atoms with Gasteiger partial charge in [-0.1, -0.05) is 30.8 Å². The molecule has 2 aromatic rings. The van der Waals surface area contributed by atoms with Gasteiger partial charge in [-0.3, -0.25) is 0 Å². The van der Waals surface area contributed by atoms with Crippen LogP contribution in [-0.4, -0.2) is 11.1 Å². The fraction of sp³-hybridized carbons (Fsp3) is 0. The van der Waals surface area contributed by atoms with Gasteiger partial charge in [0.1, 0.15) is 5.75 Å². The number of para-hydroxylation sites is 1. The number of aliphatic carboxylic acids is 1. The van der Waals surface area contributed by atoms with Crippen molar-refractivity contribution in [1.82, 2.24) is 0 Å². The summed E-state index contributed by atoms with van der Waals surface area (Å²) in [6.45, 7) is 3.45. The van der Waals surface area contributed by atoms with Gasteiger partial charge in [0.2, 0.25) is 0 Å². The first kappa shape index (κ1) is 12.8. The Labute approximate surface area is 109 Å². The molecule has 1 N–H and O–H groups in total. The average molecular weight is 258 g/mol. The number of carboxylic acids is 1. The molecule has 2 rings (SSSR count). The zero-order valence-electron chi connectivity index (χ0n) is 9.97. The summed E-state index contributed by atoms with van der Waals surface area (Å²) in [5.41, 5.74) is 0.478. The van der Waals surface area contributed by atoms with Crippen molar-refractivity contribution in [3.05, 3.63) is 66.5 Å². The van der Waals surface area contributed by atoms with E-state index in [0.29, 0.717) is 11.3 Å². The van der Waals surface area contributed by atoms with E-state index in [2.05, 4.69) is 6.58 Å². The number of hydrogen-bond donors (Lipinski definition) is 1. The molecular weight excluding hydrogens is 247 g/mol. The van der Waals surface area contributed by atoms with Gasteiger partial charge in [0.05, 0.1) is 5.57 Å². The van der Waals surface area contributed by atoms with Gasteiger partial charge >= 0.3 is 5.97 Å². The van der Waals surface area contributed by atoms with Crippen LogP contribution in [0.2, 0.25) is 0 Å². The predicted octanol–water partition coefficient (Wildman–Crippen LogP) is 3.72. The molecule has 0 fully saturated rings. The van der Waals surface area contributed by atoms with E-state index in [0.717, 1.165) is 0 Å².